The Balaban J connectivity index is 2.19. The monoisotopic (exact) mass is 253 g/mol. The molecule has 4 heteroatoms. The van der Waals surface area contributed by atoms with Gasteiger partial charge >= 0.3 is 5.97 Å². The number of hydrogen-bond acceptors (Lipinski definition) is 2. The van der Waals surface area contributed by atoms with Gasteiger partial charge < -0.3 is 10.0 Å². The van der Waals surface area contributed by atoms with Crippen molar-refractivity contribution in [3.05, 3.63) is 29.3 Å². The molecule has 0 unspecified atom stereocenters. The highest BCUT2D eigenvalue weighted by atomic mass is 35.5. The predicted octanol–water partition coefficient (Wildman–Crippen LogP) is 3.17. The molecule has 0 aliphatic heterocycles. The number of carboxylic acids is 1. The van der Waals surface area contributed by atoms with E-state index in [-0.39, 0.29) is 6.54 Å². The molecule has 0 bridgehead atoms. The second-order valence-corrected chi connectivity index (χ2v) is 4.87. The lowest BCUT2D eigenvalue weighted by molar-refractivity contribution is -0.135. The minimum absolute atomic E-state index is 0.0618. The third-order valence-electron chi connectivity index (χ3n) is 3.23. The van der Waals surface area contributed by atoms with Crippen LogP contribution in [-0.4, -0.2) is 23.7 Å². The predicted molar refractivity (Wildman–Crippen MR) is 68.7 cm³/mol. The van der Waals surface area contributed by atoms with Crippen molar-refractivity contribution in [3.8, 4) is 0 Å². The van der Waals surface area contributed by atoms with E-state index in [0.717, 1.165) is 18.5 Å². The zero-order chi connectivity index (χ0) is 12.3. The van der Waals surface area contributed by atoms with Crippen LogP contribution < -0.4 is 4.90 Å². The largest absolute Gasteiger partial charge is 0.480 e. The van der Waals surface area contributed by atoms with Crippen molar-refractivity contribution in [3.63, 3.8) is 0 Å². The average Bonchev–Trinajstić information content (AvgIpc) is 2.80. The van der Waals surface area contributed by atoms with Gasteiger partial charge in [0.2, 0.25) is 0 Å². The molecule has 0 atom stereocenters. The summed E-state index contributed by atoms with van der Waals surface area (Å²) in [5.74, 6) is -0.785. The van der Waals surface area contributed by atoms with Crippen LogP contribution in [0.4, 0.5) is 5.69 Å². The van der Waals surface area contributed by atoms with Gasteiger partial charge in [0, 0.05) is 16.8 Å². The molecule has 0 heterocycles. The van der Waals surface area contributed by atoms with Crippen LogP contribution in [-0.2, 0) is 4.79 Å². The number of carbonyl (C=O) groups is 1. The molecule has 1 N–H and O–H groups in total. The Hall–Kier alpha value is -1.22. The lowest BCUT2D eigenvalue weighted by Crippen LogP contribution is -2.37. The number of nitrogens with zero attached hydrogens (tertiary/aromatic N) is 1. The summed E-state index contributed by atoms with van der Waals surface area (Å²) in [7, 11) is 0. The first-order valence-electron chi connectivity index (χ1n) is 5.91. The molecule has 1 aromatic carbocycles. The van der Waals surface area contributed by atoms with Gasteiger partial charge in [0.15, 0.2) is 0 Å². The first-order valence-corrected chi connectivity index (χ1v) is 6.28. The highest BCUT2D eigenvalue weighted by Crippen LogP contribution is 2.28. The van der Waals surface area contributed by atoms with Crippen molar-refractivity contribution in [2.75, 3.05) is 11.4 Å². The Labute approximate surface area is 106 Å². The van der Waals surface area contributed by atoms with Crippen molar-refractivity contribution in [1.82, 2.24) is 0 Å². The van der Waals surface area contributed by atoms with Crippen LogP contribution >= 0.6 is 11.6 Å². The molecule has 92 valence electrons. The minimum atomic E-state index is -0.785. The molecule has 1 aliphatic carbocycles. The standard InChI is InChI=1S/C13H16ClNO2/c14-10-5-7-12(8-6-10)15(9-13(16)17)11-3-1-2-4-11/h5-8,11H,1-4,9H2,(H,16,17). The van der Waals surface area contributed by atoms with Gasteiger partial charge in [-0.1, -0.05) is 24.4 Å². The van der Waals surface area contributed by atoms with Crippen LogP contribution in [0.5, 0.6) is 0 Å². The third-order valence-corrected chi connectivity index (χ3v) is 3.48. The Morgan fingerprint density at radius 2 is 1.88 bits per heavy atom. The Bertz CT molecular complexity index is 385. The van der Waals surface area contributed by atoms with Gasteiger partial charge in [-0.25, -0.2) is 0 Å². The third kappa shape index (κ3) is 3.13. The summed E-state index contributed by atoms with van der Waals surface area (Å²) < 4.78 is 0. The number of anilines is 1. The molecule has 1 aliphatic rings. The van der Waals surface area contributed by atoms with Crippen molar-refractivity contribution in [1.29, 1.82) is 0 Å². The Kier molecular flexibility index (Phi) is 3.89. The molecular weight excluding hydrogens is 238 g/mol. The van der Waals surface area contributed by atoms with Crippen molar-refractivity contribution < 1.29 is 9.90 Å². The normalized spacial score (nSPS) is 16.1. The van der Waals surface area contributed by atoms with E-state index >= 15 is 0 Å². The molecule has 0 saturated heterocycles. The topological polar surface area (TPSA) is 40.5 Å². The maximum absolute atomic E-state index is 10.9. The number of halogens is 1. The summed E-state index contributed by atoms with van der Waals surface area (Å²) in [6, 6.07) is 7.75. The van der Waals surface area contributed by atoms with Gasteiger partial charge in [0.05, 0.1) is 0 Å². The van der Waals surface area contributed by atoms with Crippen LogP contribution in [0, 0.1) is 0 Å². The Morgan fingerprint density at radius 1 is 1.29 bits per heavy atom. The lowest BCUT2D eigenvalue weighted by atomic mass is 10.1. The van der Waals surface area contributed by atoms with E-state index in [1.807, 2.05) is 17.0 Å². The highest BCUT2D eigenvalue weighted by Gasteiger charge is 2.24. The maximum atomic E-state index is 10.9. The summed E-state index contributed by atoms with van der Waals surface area (Å²) in [6.07, 6.45) is 4.54. The van der Waals surface area contributed by atoms with Crippen LogP contribution in [0.15, 0.2) is 24.3 Å². The van der Waals surface area contributed by atoms with E-state index in [4.69, 9.17) is 16.7 Å². The van der Waals surface area contributed by atoms with Crippen LogP contribution in [0.3, 0.4) is 0 Å². The SMILES string of the molecule is O=C(O)CN(c1ccc(Cl)cc1)C1CCCC1. The van der Waals surface area contributed by atoms with Gasteiger partial charge in [-0.3, -0.25) is 4.79 Å². The lowest BCUT2D eigenvalue weighted by Gasteiger charge is -2.29. The number of hydrogen-bond donors (Lipinski definition) is 1. The molecular formula is C13H16ClNO2. The van der Waals surface area contributed by atoms with Gasteiger partial charge in [-0.05, 0) is 37.1 Å². The fraction of sp³-hybridized carbons (Fsp3) is 0.462. The molecule has 0 radical (unpaired) electrons. The first-order chi connectivity index (χ1) is 8.16. The van der Waals surface area contributed by atoms with E-state index in [0.29, 0.717) is 11.1 Å². The molecule has 1 saturated carbocycles. The molecule has 0 aromatic heterocycles. The van der Waals surface area contributed by atoms with E-state index in [1.54, 1.807) is 12.1 Å². The van der Waals surface area contributed by atoms with Crippen LogP contribution in [0.1, 0.15) is 25.7 Å². The summed E-state index contributed by atoms with van der Waals surface area (Å²) in [5, 5.41) is 9.67. The number of rotatable bonds is 4. The zero-order valence-corrected chi connectivity index (χ0v) is 10.4. The van der Waals surface area contributed by atoms with E-state index in [9.17, 15) is 4.79 Å². The molecule has 0 amide bonds. The first kappa shape index (κ1) is 12.2. The summed E-state index contributed by atoms with van der Waals surface area (Å²) in [4.78, 5) is 12.9. The summed E-state index contributed by atoms with van der Waals surface area (Å²) >= 11 is 5.85. The molecule has 2 rings (SSSR count). The smallest absolute Gasteiger partial charge is 0.323 e. The molecule has 1 aromatic rings. The fourth-order valence-electron chi connectivity index (χ4n) is 2.43. The number of benzene rings is 1. The van der Waals surface area contributed by atoms with E-state index in [1.165, 1.54) is 12.8 Å². The van der Waals surface area contributed by atoms with E-state index in [2.05, 4.69) is 0 Å². The van der Waals surface area contributed by atoms with Gasteiger partial charge in [0.25, 0.3) is 0 Å². The van der Waals surface area contributed by atoms with Gasteiger partial charge in [-0.2, -0.15) is 0 Å². The fourth-order valence-corrected chi connectivity index (χ4v) is 2.55. The quantitative estimate of drug-likeness (QED) is 0.896. The van der Waals surface area contributed by atoms with Crippen molar-refractivity contribution in [2.45, 2.75) is 31.7 Å². The average molecular weight is 254 g/mol. The second kappa shape index (κ2) is 5.41. The molecule has 3 nitrogen and oxygen atoms in total. The molecule has 1 fully saturated rings. The van der Waals surface area contributed by atoms with Crippen LogP contribution in [0.2, 0.25) is 5.02 Å². The van der Waals surface area contributed by atoms with Crippen molar-refractivity contribution >= 4 is 23.3 Å². The highest BCUT2D eigenvalue weighted by molar-refractivity contribution is 6.30. The minimum Gasteiger partial charge on any atom is -0.480 e. The van der Waals surface area contributed by atoms with Crippen LogP contribution in [0.25, 0.3) is 0 Å². The second-order valence-electron chi connectivity index (χ2n) is 4.44. The summed E-state index contributed by atoms with van der Waals surface area (Å²) in [5.41, 5.74) is 0.948. The summed E-state index contributed by atoms with van der Waals surface area (Å²) in [6.45, 7) is 0.0618. The van der Waals surface area contributed by atoms with Gasteiger partial charge in [0.1, 0.15) is 6.54 Å². The number of aliphatic carboxylic acids is 1. The zero-order valence-electron chi connectivity index (χ0n) is 9.60. The molecule has 17 heavy (non-hydrogen) atoms. The number of carboxylic acid groups (broad SMARTS) is 1. The Morgan fingerprint density at radius 3 is 2.41 bits per heavy atom. The molecule has 0 spiro atoms. The van der Waals surface area contributed by atoms with Crippen molar-refractivity contribution in [2.24, 2.45) is 0 Å². The maximum Gasteiger partial charge on any atom is 0.323 e. The van der Waals surface area contributed by atoms with E-state index < -0.39 is 5.97 Å². The van der Waals surface area contributed by atoms with Gasteiger partial charge in [-0.15, -0.1) is 0 Å².